The van der Waals surface area contributed by atoms with Crippen molar-refractivity contribution in [2.45, 2.75) is 38.8 Å². The van der Waals surface area contributed by atoms with Gasteiger partial charge in [-0.15, -0.1) is 10.2 Å². The van der Waals surface area contributed by atoms with E-state index in [1.165, 1.54) is 0 Å². The van der Waals surface area contributed by atoms with E-state index < -0.39 is 0 Å². The van der Waals surface area contributed by atoms with E-state index in [1.807, 2.05) is 18.3 Å². The van der Waals surface area contributed by atoms with Crippen LogP contribution < -0.4 is 9.64 Å². The number of nitrogens with zero attached hydrogens (tertiary/aromatic N) is 5. The second-order valence-corrected chi connectivity index (χ2v) is 9.58. The van der Waals surface area contributed by atoms with Crippen LogP contribution in [0.1, 0.15) is 27.2 Å². The molecule has 1 N–H and O–H groups in total. The summed E-state index contributed by atoms with van der Waals surface area (Å²) < 4.78 is 5.67. The average Bonchev–Trinajstić information content (AvgIpc) is 3.44. The number of hydrogen-bond donors (Lipinski definition) is 1. The predicted molar refractivity (Wildman–Crippen MR) is 122 cm³/mol. The molecule has 3 aromatic rings. The van der Waals surface area contributed by atoms with Crippen LogP contribution in [0.25, 0.3) is 21.7 Å². The zero-order valence-corrected chi connectivity index (χ0v) is 19.3. The van der Waals surface area contributed by atoms with Gasteiger partial charge >= 0.3 is 0 Å². The van der Waals surface area contributed by atoms with Crippen LogP contribution in [0, 0.1) is 5.92 Å². The lowest BCUT2D eigenvalue weighted by molar-refractivity contribution is 0.0393. The van der Waals surface area contributed by atoms with E-state index in [2.05, 4.69) is 71.1 Å². The molecule has 30 heavy (non-hydrogen) atoms. The Bertz CT molecular complexity index is 999. The summed E-state index contributed by atoms with van der Waals surface area (Å²) >= 11 is 1.62. The van der Waals surface area contributed by atoms with Gasteiger partial charge < -0.3 is 14.5 Å². The van der Waals surface area contributed by atoms with Gasteiger partial charge in [-0.1, -0.05) is 24.3 Å². The van der Waals surface area contributed by atoms with Crippen molar-refractivity contribution >= 4 is 16.5 Å². The summed E-state index contributed by atoms with van der Waals surface area (Å²) in [6.45, 7) is 8.09. The molecule has 8 heteroatoms. The molecule has 0 aliphatic carbocycles. The van der Waals surface area contributed by atoms with Gasteiger partial charge in [0.1, 0.15) is 5.75 Å². The van der Waals surface area contributed by atoms with Crippen molar-refractivity contribution in [1.29, 1.82) is 0 Å². The first kappa shape index (κ1) is 20.8. The largest absolute Gasteiger partial charge is 0.496 e. The zero-order chi connectivity index (χ0) is 21.5. The molecule has 0 saturated carbocycles. The van der Waals surface area contributed by atoms with E-state index in [0.717, 1.165) is 45.5 Å². The first-order valence-corrected chi connectivity index (χ1v) is 11.1. The molecule has 2 aromatic heterocycles. The predicted octanol–water partition coefficient (Wildman–Crippen LogP) is 4.16. The van der Waals surface area contributed by atoms with Crippen molar-refractivity contribution in [3.05, 3.63) is 30.6 Å². The maximum absolute atomic E-state index is 5.67. The van der Waals surface area contributed by atoms with Gasteiger partial charge in [0.15, 0.2) is 5.01 Å². The molecule has 7 nitrogen and oxygen atoms in total. The van der Waals surface area contributed by atoms with Crippen molar-refractivity contribution in [3.63, 3.8) is 0 Å². The number of nitrogens with one attached hydrogen (secondary N) is 1. The summed E-state index contributed by atoms with van der Waals surface area (Å²) in [7, 11) is 6.05. The number of benzene rings is 1. The van der Waals surface area contributed by atoms with Crippen LogP contribution >= 0.6 is 11.3 Å². The lowest BCUT2D eigenvalue weighted by Gasteiger charge is -2.51. The van der Waals surface area contributed by atoms with Crippen LogP contribution in [-0.4, -0.2) is 64.6 Å². The van der Waals surface area contributed by atoms with Crippen molar-refractivity contribution in [2.24, 2.45) is 5.92 Å². The fraction of sp³-hybridized carbons (Fsp3) is 0.500. The molecule has 3 heterocycles. The molecular formula is C22H30N6OS. The number of piperidine rings is 1. The first-order valence-electron chi connectivity index (χ1n) is 10.3. The molecular weight excluding hydrogens is 396 g/mol. The minimum atomic E-state index is 0.150. The number of aromatic amines is 1. The van der Waals surface area contributed by atoms with E-state index in [-0.39, 0.29) is 5.54 Å². The van der Waals surface area contributed by atoms with Crippen molar-refractivity contribution in [3.8, 4) is 27.4 Å². The SMILES string of the molecule is COc1cc(-c2cn[nH]c2)ccc1-c1nnc(N(C)C2CCN(C)C(C)(C)C2C)s1. The van der Waals surface area contributed by atoms with E-state index in [9.17, 15) is 0 Å². The fourth-order valence-corrected chi connectivity index (χ4v) is 5.17. The Morgan fingerprint density at radius 3 is 2.77 bits per heavy atom. The van der Waals surface area contributed by atoms with Crippen LogP contribution in [0.5, 0.6) is 5.75 Å². The maximum atomic E-state index is 5.67. The molecule has 0 amide bonds. The summed E-state index contributed by atoms with van der Waals surface area (Å²) in [5.74, 6) is 1.30. The van der Waals surface area contributed by atoms with E-state index in [4.69, 9.17) is 4.74 Å². The van der Waals surface area contributed by atoms with Gasteiger partial charge in [-0.05, 0) is 50.9 Å². The maximum Gasteiger partial charge on any atom is 0.208 e. The van der Waals surface area contributed by atoms with Crippen molar-refractivity contribution < 1.29 is 4.74 Å². The Labute approximate surface area is 182 Å². The van der Waals surface area contributed by atoms with Gasteiger partial charge in [0, 0.05) is 36.9 Å². The highest BCUT2D eigenvalue weighted by Gasteiger charge is 2.41. The quantitative estimate of drug-likeness (QED) is 0.661. The third-order valence-corrected chi connectivity index (χ3v) is 7.96. The molecule has 0 spiro atoms. The first-order chi connectivity index (χ1) is 14.3. The van der Waals surface area contributed by atoms with Crippen molar-refractivity contribution in [1.82, 2.24) is 25.3 Å². The second kappa shape index (κ2) is 8.00. The Morgan fingerprint density at radius 1 is 1.27 bits per heavy atom. The Hall–Kier alpha value is -2.45. The Kier molecular flexibility index (Phi) is 5.55. The number of ether oxygens (including phenoxy) is 1. The number of anilines is 1. The number of H-pyrrole nitrogens is 1. The van der Waals surface area contributed by atoms with Crippen LogP contribution in [0.15, 0.2) is 30.6 Å². The highest BCUT2D eigenvalue weighted by Crippen LogP contribution is 2.40. The molecule has 160 valence electrons. The molecule has 0 bridgehead atoms. The van der Waals surface area contributed by atoms with Gasteiger partial charge in [0.2, 0.25) is 5.13 Å². The number of hydrogen-bond acceptors (Lipinski definition) is 7. The molecule has 2 atom stereocenters. The van der Waals surface area contributed by atoms with Crippen LogP contribution in [0.2, 0.25) is 0 Å². The molecule has 4 rings (SSSR count). The standard InChI is InChI=1S/C22H30N6OS/c1-14-18(9-10-27(4)22(14,2)3)28(5)21-26-25-20(30-21)17-8-7-15(11-19(17)29-6)16-12-23-24-13-16/h7-8,11-14,18H,9-10H2,1-6H3,(H,23,24). The number of methoxy groups -OCH3 is 1. The molecule has 1 fully saturated rings. The van der Waals surface area contributed by atoms with Gasteiger partial charge in [0.05, 0.1) is 18.9 Å². The lowest BCUT2D eigenvalue weighted by Crippen LogP contribution is -2.59. The molecule has 1 saturated heterocycles. The Balaban J connectivity index is 1.60. The van der Waals surface area contributed by atoms with Crippen LogP contribution in [-0.2, 0) is 0 Å². The summed E-state index contributed by atoms with van der Waals surface area (Å²) in [6, 6.07) is 6.57. The topological polar surface area (TPSA) is 70.2 Å². The third-order valence-electron chi connectivity index (χ3n) is 6.91. The van der Waals surface area contributed by atoms with Crippen LogP contribution in [0.3, 0.4) is 0 Å². The smallest absolute Gasteiger partial charge is 0.208 e. The minimum Gasteiger partial charge on any atom is -0.496 e. The summed E-state index contributed by atoms with van der Waals surface area (Å²) in [5, 5.41) is 17.7. The second-order valence-electron chi connectivity index (χ2n) is 8.62. The average molecular weight is 427 g/mol. The summed E-state index contributed by atoms with van der Waals surface area (Å²) in [6.07, 6.45) is 4.79. The molecule has 1 aromatic carbocycles. The molecule has 1 aliphatic rings. The molecule has 1 aliphatic heterocycles. The highest BCUT2D eigenvalue weighted by molar-refractivity contribution is 7.18. The normalized spacial score (nSPS) is 21.5. The van der Waals surface area contributed by atoms with E-state index in [0.29, 0.717) is 12.0 Å². The number of rotatable bonds is 5. The van der Waals surface area contributed by atoms with Gasteiger partial charge in [-0.2, -0.15) is 5.10 Å². The van der Waals surface area contributed by atoms with Crippen molar-refractivity contribution in [2.75, 3.05) is 32.6 Å². The fourth-order valence-electron chi connectivity index (χ4n) is 4.28. The number of aromatic nitrogens is 4. The Morgan fingerprint density at radius 2 is 2.07 bits per heavy atom. The summed E-state index contributed by atoms with van der Waals surface area (Å²) in [4.78, 5) is 4.77. The summed E-state index contributed by atoms with van der Waals surface area (Å²) in [5.41, 5.74) is 3.18. The monoisotopic (exact) mass is 426 g/mol. The molecule has 0 radical (unpaired) electrons. The third kappa shape index (κ3) is 3.58. The lowest BCUT2D eigenvalue weighted by atomic mass is 9.77. The van der Waals surface area contributed by atoms with E-state index in [1.54, 1.807) is 24.6 Å². The zero-order valence-electron chi connectivity index (χ0n) is 18.5. The van der Waals surface area contributed by atoms with Gasteiger partial charge in [0.25, 0.3) is 0 Å². The number of likely N-dealkylation sites (tertiary alicyclic amines) is 1. The van der Waals surface area contributed by atoms with Gasteiger partial charge in [-0.3, -0.25) is 5.10 Å². The van der Waals surface area contributed by atoms with Gasteiger partial charge in [-0.25, -0.2) is 0 Å². The molecule has 2 unspecified atom stereocenters. The van der Waals surface area contributed by atoms with E-state index >= 15 is 0 Å². The minimum absolute atomic E-state index is 0.150. The highest BCUT2D eigenvalue weighted by atomic mass is 32.1. The van der Waals surface area contributed by atoms with Crippen LogP contribution in [0.4, 0.5) is 5.13 Å².